The van der Waals surface area contributed by atoms with Crippen LogP contribution in [0.5, 0.6) is 5.75 Å². The van der Waals surface area contributed by atoms with Crippen molar-refractivity contribution >= 4 is 17.5 Å². The van der Waals surface area contributed by atoms with Gasteiger partial charge in [-0.25, -0.2) is 4.98 Å². The number of halogens is 3. The van der Waals surface area contributed by atoms with E-state index in [1.165, 1.54) is 18.2 Å². The molecule has 0 spiro atoms. The Balaban J connectivity index is 1.31. The maximum atomic E-state index is 12.7. The highest BCUT2D eigenvalue weighted by Gasteiger charge is 2.32. The molecule has 38 heavy (non-hydrogen) atoms. The van der Waals surface area contributed by atoms with Gasteiger partial charge in [0.2, 0.25) is 11.8 Å². The summed E-state index contributed by atoms with van der Waals surface area (Å²) in [4.78, 5) is 19.1. The average molecular weight is 535 g/mol. The second-order valence-electron chi connectivity index (χ2n) is 9.20. The van der Waals surface area contributed by atoms with E-state index in [4.69, 9.17) is 0 Å². The highest BCUT2D eigenvalue weighted by Crippen LogP contribution is 2.29. The first-order chi connectivity index (χ1) is 18.2. The number of nitrogens with zero attached hydrogens (tertiary/aromatic N) is 5. The van der Waals surface area contributed by atoms with Crippen LogP contribution < -0.4 is 20.7 Å². The first-order valence-corrected chi connectivity index (χ1v) is 12.2. The number of aryl methyl sites for hydroxylation is 1. The largest absolute Gasteiger partial charge is 0.573 e. The van der Waals surface area contributed by atoms with E-state index in [1.54, 1.807) is 10.7 Å². The standard InChI is InChI=1S/C24H29F3N8O3/c1-34-15-17(12-32-34)11-28-19-8-6-16(7-9-19)10-29-22-20(35(36)37)14-31-23(33-22)30-13-18-4-2-3-5-21(18)38-24(25,26)27/h2-5,12,14-16,19,28H,6-11,13H2,1H3,(H2,29,30,31,33). The molecule has 3 N–H and O–H groups in total. The van der Waals surface area contributed by atoms with Crippen molar-refractivity contribution < 1.29 is 22.8 Å². The predicted octanol–water partition coefficient (Wildman–Crippen LogP) is 4.39. The Morgan fingerprint density at radius 2 is 1.89 bits per heavy atom. The van der Waals surface area contributed by atoms with Crippen molar-refractivity contribution in [3.8, 4) is 5.75 Å². The molecule has 4 rings (SSSR count). The zero-order valence-corrected chi connectivity index (χ0v) is 20.7. The summed E-state index contributed by atoms with van der Waals surface area (Å²) in [6.07, 6.45) is 3.97. The van der Waals surface area contributed by atoms with Crippen LogP contribution in [0, 0.1) is 16.0 Å². The third-order valence-corrected chi connectivity index (χ3v) is 6.36. The minimum Gasteiger partial charge on any atom is -0.405 e. The molecule has 0 unspecified atom stereocenters. The van der Waals surface area contributed by atoms with Gasteiger partial charge in [0.1, 0.15) is 11.9 Å². The molecular weight excluding hydrogens is 505 g/mol. The number of rotatable bonds is 11. The zero-order valence-electron chi connectivity index (χ0n) is 20.7. The molecule has 0 atom stereocenters. The molecule has 0 saturated heterocycles. The number of ether oxygens (including phenoxy) is 1. The summed E-state index contributed by atoms with van der Waals surface area (Å²) in [6.45, 7) is 1.20. The molecule has 0 bridgehead atoms. The van der Waals surface area contributed by atoms with E-state index in [0.29, 0.717) is 18.5 Å². The SMILES string of the molecule is Cn1cc(CNC2CCC(CNc3nc(NCc4ccccc4OC(F)(F)F)ncc3[N+](=O)[O-])CC2)cn1. The maximum absolute atomic E-state index is 12.7. The molecule has 1 aliphatic rings. The lowest BCUT2D eigenvalue weighted by molar-refractivity contribution is -0.384. The van der Waals surface area contributed by atoms with Crippen LogP contribution in [0.3, 0.4) is 0 Å². The van der Waals surface area contributed by atoms with Crippen LogP contribution in [-0.2, 0) is 20.1 Å². The van der Waals surface area contributed by atoms with Crippen molar-refractivity contribution in [3.63, 3.8) is 0 Å². The number of hydrogen-bond donors (Lipinski definition) is 3. The normalized spacial score (nSPS) is 17.7. The summed E-state index contributed by atoms with van der Waals surface area (Å²) in [6, 6.07) is 6.09. The molecule has 1 saturated carbocycles. The first-order valence-electron chi connectivity index (χ1n) is 12.2. The number of anilines is 2. The smallest absolute Gasteiger partial charge is 0.405 e. The van der Waals surface area contributed by atoms with Crippen LogP contribution in [0.2, 0.25) is 0 Å². The molecule has 0 radical (unpaired) electrons. The second-order valence-corrected chi connectivity index (χ2v) is 9.20. The van der Waals surface area contributed by atoms with Gasteiger partial charge in [-0.3, -0.25) is 14.8 Å². The lowest BCUT2D eigenvalue weighted by Gasteiger charge is -2.29. The summed E-state index contributed by atoms with van der Waals surface area (Å²) in [5.74, 6) is 0.0782. The van der Waals surface area contributed by atoms with Gasteiger partial charge in [0.05, 0.1) is 11.1 Å². The van der Waals surface area contributed by atoms with Gasteiger partial charge in [-0.2, -0.15) is 10.1 Å². The van der Waals surface area contributed by atoms with Crippen LogP contribution in [-0.4, -0.2) is 43.6 Å². The summed E-state index contributed by atoms with van der Waals surface area (Å²) in [7, 11) is 1.88. The molecule has 11 nitrogen and oxygen atoms in total. The van der Waals surface area contributed by atoms with E-state index in [9.17, 15) is 23.3 Å². The minimum absolute atomic E-state index is 0.0446. The van der Waals surface area contributed by atoms with Crippen LogP contribution >= 0.6 is 0 Å². The third kappa shape index (κ3) is 7.78. The second kappa shape index (κ2) is 12.1. The Kier molecular flexibility index (Phi) is 8.61. The molecule has 204 valence electrons. The monoisotopic (exact) mass is 534 g/mol. The van der Waals surface area contributed by atoms with Crippen LogP contribution in [0.25, 0.3) is 0 Å². The van der Waals surface area contributed by atoms with Crippen molar-refractivity contribution in [1.29, 1.82) is 0 Å². The third-order valence-electron chi connectivity index (χ3n) is 6.36. The molecule has 2 aromatic heterocycles. The quantitative estimate of drug-likeness (QED) is 0.242. The summed E-state index contributed by atoms with van der Waals surface area (Å²) < 4.78 is 43.9. The molecule has 0 amide bonds. The average Bonchev–Trinajstić information content (AvgIpc) is 3.30. The van der Waals surface area contributed by atoms with E-state index in [-0.39, 0.29) is 35.3 Å². The number of benzene rings is 1. The van der Waals surface area contributed by atoms with Crippen molar-refractivity contribution in [2.75, 3.05) is 17.2 Å². The van der Waals surface area contributed by atoms with Gasteiger partial charge in [0.25, 0.3) is 0 Å². The number of nitro groups is 1. The van der Waals surface area contributed by atoms with Crippen LogP contribution in [0.4, 0.5) is 30.6 Å². The van der Waals surface area contributed by atoms with E-state index in [1.807, 2.05) is 19.4 Å². The zero-order chi connectivity index (χ0) is 27.1. The number of hydrogen-bond acceptors (Lipinski definition) is 9. The Hall–Kier alpha value is -3.94. The Labute approximate surface area is 217 Å². The van der Waals surface area contributed by atoms with Gasteiger partial charge in [-0.15, -0.1) is 13.2 Å². The van der Waals surface area contributed by atoms with Crippen molar-refractivity contribution in [2.24, 2.45) is 13.0 Å². The highest BCUT2D eigenvalue weighted by atomic mass is 19.4. The van der Waals surface area contributed by atoms with Gasteiger partial charge >= 0.3 is 12.0 Å². The van der Waals surface area contributed by atoms with Gasteiger partial charge in [0.15, 0.2) is 0 Å². The number of para-hydroxylation sites is 1. The fraction of sp³-hybridized carbons (Fsp3) is 0.458. The topological polar surface area (TPSA) is 132 Å². The fourth-order valence-corrected chi connectivity index (χ4v) is 4.41. The maximum Gasteiger partial charge on any atom is 0.573 e. The first kappa shape index (κ1) is 27.1. The summed E-state index contributed by atoms with van der Waals surface area (Å²) in [5, 5.41) is 25.1. The van der Waals surface area contributed by atoms with E-state index in [2.05, 4.69) is 35.8 Å². The van der Waals surface area contributed by atoms with Crippen LogP contribution in [0.15, 0.2) is 42.9 Å². The lowest BCUT2D eigenvalue weighted by Crippen LogP contribution is -2.34. The molecule has 1 aromatic carbocycles. The minimum atomic E-state index is -4.83. The molecule has 1 aliphatic carbocycles. The van der Waals surface area contributed by atoms with Crippen LogP contribution in [0.1, 0.15) is 36.8 Å². The predicted molar refractivity (Wildman–Crippen MR) is 133 cm³/mol. The van der Waals surface area contributed by atoms with Crippen molar-refractivity contribution in [2.45, 2.75) is 51.2 Å². The lowest BCUT2D eigenvalue weighted by atomic mass is 9.86. The summed E-state index contributed by atoms with van der Waals surface area (Å²) >= 11 is 0. The van der Waals surface area contributed by atoms with Gasteiger partial charge in [-0.1, -0.05) is 18.2 Å². The number of nitrogens with one attached hydrogen (secondary N) is 3. The molecule has 1 fully saturated rings. The molecule has 3 aromatic rings. The number of alkyl halides is 3. The summed E-state index contributed by atoms with van der Waals surface area (Å²) in [5.41, 5.74) is 1.09. The van der Waals surface area contributed by atoms with E-state index in [0.717, 1.165) is 44.0 Å². The Morgan fingerprint density at radius 1 is 1.13 bits per heavy atom. The molecular formula is C24H29F3N8O3. The molecule has 14 heteroatoms. The Morgan fingerprint density at radius 3 is 2.58 bits per heavy atom. The fourth-order valence-electron chi connectivity index (χ4n) is 4.41. The van der Waals surface area contributed by atoms with E-state index >= 15 is 0 Å². The molecule has 0 aliphatic heterocycles. The van der Waals surface area contributed by atoms with Crippen molar-refractivity contribution in [1.82, 2.24) is 25.1 Å². The van der Waals surface area contributed by atoms with E-state index < -0.39 is 11.3 Å². The molecule has 2 heterocycles. The van der Waals surface area contributed by atoms with Gasteiger partial charge < -0.3 is 20.7 Å². The van der Waals surface area contributed by atoms with Gasteiger partial charge in [0, 0.05) is 50.0 Å². The van der Waals surface area contributed by atoms with Crippen molar-refractivity contribution in [3.05, 3.63) is 64.1 Å². The highest BCUT2D eigenvalue weighted by molar-refractivity contribution is 5.57. The number of aromatic nitrogens is 4. The Bertz CT molecular complexity index is 1230. The van der Waals surface area contributed by atoms with Gasteiger partial charge in [-0.05, 0) is 37.7 Å².